The normalized spacial score (nSPS) is 17.9. The van der Waals surface area contributed by atoms with E-state index in [2.05, 4.69) is 32.0 Å². The van der Waals surface area contributed by atoms with Gasteiger partial charge in [-0.2, -0.15) is 0 Å². The van der Waals surface area contributed by atoms with Gasteiger partial charge in [-0.25, -0.2) is 4.79 Å². The van der Waals surface area contributed by atoms with Gasteiger partial charge >= 0.3 is 5.97 Å². The number of carbonyl (C=O) groups is 1. The van der Waals surface area contributed by atoms with Crippen LogP contribution in [0.15, 0.2) is 52.7 Å². The molecule has 3 nitrogen and oxygen atoms in total. The van der Waals surface area contributed by atoms with E-state index >= 15 is 0 Å². The van der Waals surface area contributed by atoms with Crippen molar-refractivity contribution in [1.82, 2.24) is 0 Å². The summed E-state index contributed by atoms with van der Waals surface area (Å²) >= 11 is 6.05. The van der Waals surface area contributed by atoms with Gasteiger partial charge in [-0.3, -0.25) is 0 Å². The third kappa shape index (κ3) is 5.57. The molecule has 0 aliphatic heterocycles. The van der Waals surface area contributed by atoms with Crippen LogP contribution in [0.25, 0.3) is 0 Å². The molecule has 1 aliphatic rings. The third-order valence-corrected chi connectivity index (χ3v) is 4.99. The van der Waals surface area contributed by atoms with Gasteiger partial charge in [-0.05, 0) is 61.8 Å². The summed E-state index contributed by atoms with van der Waals surface area (Å²) in [7, 11) is 0. The van der Waals surface area contributed by atoms with E-state index in [1.54, 1.807) is 12.1 Å². The molecule has 0 unspecified atom stereocenters. The first kappa shape index (κ1) is 19.5. The molecule has 0 radical (unpaired) electrons. The Morgan fingerprint density at radius 2 is 2.08 bits per heavy atom. The Hall–Kier alpha value is -1.87. The van der Waals surface area contributed by atoms with E-state index in [9.17, 15) is 4.79 Å². The van der Waals surface area contributed by atoms with Crippen LogP contribution in [-0.2, 0) is 16.1 Å². The fourth-order valence-corrected chi connectivity index (χ4v) is 3.40. The molecule has 1 aliphatic carbocycles. The number of rotatable bonds is 5. The van der Waals surface area contributed by atoms with E-state index in [-0.39, 0.29) is 11.8 Å². The highest BCUT2D eigenvalue weighted by Gasteiger charge is 2.26. The number of hydrogen-bond donors (Lipinski definition) is 0. The molecular formula is C21H26ClNO2. The minimum Gasteiger partial charge on any atom is -0.318 e. The maximum absolute atomic E-state index is 11.9. The van der Waals surface area contributed by atoms with Crippen LogP contribution in [0.4, 0.5) is 0 Å². The number of hydrogen-bond acceptors (Lipinski definition) is 3. The van der Waals surface area contributed by atoms with Gasteiger partial charge in [0.2, 0.25) is 0 Å². The van der Waals surface area contributed by atoms with Crippen LogP contribution in [-0.4, -0.2) is 11.7 Å². The lowest BCUT2D eigenvalue weighted by atomic mass is 9.72. The van der Waals surface area contributed by atoms with Crippen LogP contribution < -0.4 is 0 Å². The van der Waals surface area contributed by atoms with Crippen LogP contribution in [0.3, 0.4) is 0 Å². The zero-order chi connectivity index (χ0) is 18.4. The van der Waals surface area contributed by atoms with Crippen molar-refractivity contribution in [1.29, 1.82) is 0 Å². The minimum atomic E-state index is -0.422. The molecule has 4 heteroatoms. The van der Waals surface area contributed by atoms with Crippen LogP contribution in [0, 0.1) is 5.41 Å². The average molecular weight is 360 g/mol. The highest BCUT2D eigenvalue weighted by Crippen LogP contribution is 2.40. The largest absolute Gasteiger partial charge is 0.339 e. The molecule has 0 heterocycles. The first-order valence-electron chi connectivity index (χ1n) is 8.66. The van der Waals surface area contributed by atoms with Gasteiger partial charge in [0, 0.05) is 5.02 Å². The fraction of sp³-hybridized carbons (Fsp3) is 0.429. The maximum Gasteiger partial charge on any atom is 0.339 e. The number of halogens is 1. The van der Waals surface area contributed by atoms with Crippen molar-refractivity contribution in [2.45, 2.75) is 53.4 Å². The molecular weight excluding hydrogens is 334 g/mol. The molecule has 1 aromatic carbocycles. The number of carbonyl (C=O) groups excluding carboxylic acids is 1. The number of benzene rings is 1. The third-order valence-electron chi connectivity index (χ3n) is 4.62. The average Bonchev–Trinajstić information content (AvgIpc) is 2.54. The lowest BCUT2D eigenvalue weighted by Crippen LogP contribution is -2.19. The van der Waals surface area contributed by atoms with Crippen molar-refractivity contribution in [3.8, 4) is 0 Å². The van der Waals surface area contributed by atoms with Crippen molar-refractivity contribution in [3.05, 3.63) is 58.1 Å². The Morgan fingerprint density at radius 1 is 1.36 bits per heavy atom. The molecule has 0 atom stereocenters. The van der Waals surface area contributed by atoms with E-state index in [0.717, 1.165) is 12.0 Å². The van der Waals surface area contributed by atoms with E-state index in [1.165, 1.54) is 24.0 Å². The molecule has 0 N–H and O–H groups in total. The zero-order valence-corrected chi connectivity index (χ0v) is 16.2. The summed E-state index contributed by atoms with van der Waals surface area (Å²) < 4.78 is 0. The molecule has 0 saturated heterocycles. The summed E-state index contributed by atoms with van der Waals surface area (Å²) in [4.78, 5) is 16.9. The van der Waals surface area contributed by atoms with E-state index in [1.807, 2.05) is 25.1 Å². The summed E-state index contributed by atoms with van der Waals surface area (Å²) in [6.07, 6.45) is 7.70. The predicted octanol–water partition coefficient (Wildman–Crippen LogP) is 5.88. The summed E-state index contributed by atoms with van der Waals surface area (Å²) in [5.41, 5.74) is 4.36. The molecule has 1 aromatic rings. The minimum absolute atomic E-state index is 0.109. The molecule has 0 fully saturated rings. The van der Waals surface area contributed by atoms with Gasteiger partial charge in [0.05, 0.1) is 12.1 Å². The van der Waals surface area contributed by atoms with Crippen molar-refractivity contribution in [2.24, 2.45) is 10.6 Å². The first-order valence-corrected chi connectivity index (χ1v) is 9.03. The van der Waals surface area contributed by atoms with Gasteiger partial charge in [0.15, 0.2) is 0 Å². The van der Waals surface area contributed by atoms with Crippen molar-refractivity contribution in [2.75, 3.05) is 0 Å². The summed E-state index contributed by atoms with van der Waals surface area (Å²) in [5.74, 6) is -0.422. The molecule has 0 saturated carbocycles. The van der Waals surface area contributed by atoms with Crippen LogP contribution in [0.1, 0.15) is 52.5 Å². The van der Waals surface area contributed by atoms with Gasteiger partial charge in [0.25, 0.3) is 0 Å². The standard InChI is InChI=1S/C21H26ClNO2/c1-15-8-7-13-21(3,4)18(15)12-11-16(2)23-25-20(24)14-17-9-5-6-10-19(17)22/h5-6,9-12H,7-8,13-14H2,1-4H3/b12-11+,23-16+. The lowest BCUT2D eigenvalue weighted by Gasteiger charge is -2.32. The van der Waals surface area contributed by atoms with Gasteiger partial charge in [-0.1, -0.05) is 60.5 Å². The van der Waals surface area contributed by atoms with E-state index in [4.69, 9.17) is 16.4 Å². The van der Waals surface area contributed by atoms with Crippen LogP contribution in [0.2, 0.25) is 5.02 Å². The smallest absolute Gasteiger partial charge is 0.318 e. The second kappa shape index (κ2) is 8.48. The van der Waals surface area contributed by atoms with Crippen molar-refractivity contribution < 1.29 is 9.63 Å². The zero-order valence-electron chi connectivity index (χ0n) is 15.4. The topological polar surface area (TPSA) is 38.7 Å². The van der Waals surface area contributed by atoms with E-state index in [0.29, 0.717) is 10.7 Å². The Labute approximate surface area is 155 Å². The molecule has 2 rings (SSSR count). The van der Waals surface area contributed by atoms with Gasteiger partial charge in [-0.15, -0.1) is 0 Å². The molecule has 0 spiro atoms. The van der Waals surface area contributed by atoms with Crippen molar-refractivity contribution in [3.63, 3.8) is 0 Å². The maximum atomic E-state index is 11.9. The Kier molecular flexibility index (Phi) is 6.60. The first-order chi connectivity index (χ1) is 11.8. The lowest BCUT2D eigenvalue weighted by molar-refractivity contribution is -0.142. The van der Waals surface area contributed by atoms with Crippen LogP contribution >= 0.6 is 11.6 Å². The second-order valence-electron chi connectivity index (χ2n) is 7.23. The highest BCUT2D eigenvalue weighted by molar-refractivity contribution is 6.31. The Morgan fingerprint density at radius 3 is 2.76 bits per heavy atom. The molecule has 25 heavy (non-hydrogen) atoms. The van der Waals surface area contributed by atoms with Crippen molar-refractivity contribution >= 4 is 23.3 Å². The molecule has 0 bridgehead atoms. The highest BCUT2D eigenvalue weighted by atomic mass is 35.5. The summed E-state index contributed by atoms with van der Waals surface area (Å²) in [5, 5.41) is 4.48. The fourth-order valence-electron chi connectivity index (χ4n) is 3.20. The Bertz CT molecular complexity index is 729. The number of oxime groups is 1. The second-order valence-corrected chi connectivity index (χ2v) is 7.64. The van der Waals surface area contributed by atoms with Gasteiger partial charge < -0.3 is 4.84 Å². The SMILES string of the molecule is CC1=C(/C=C/C(C)=N/OC(=O)Cc2ccccc2Cl)C(C)(C)CCC1. The summed E-state index contributed by atoms with van der Waals surface area (Å²) in [6.45, 7) is 8.55. The molecule has 0 aromatic heterocycles. The number of nitrogens with zero attached hydrogens (tertiary/aromatic N) is 1. The predicted molar refractivity (Wildman–Crippen MR) is 104 cm³/mol. The summed E-state index contributed by atoms with van der Waals surface area (Å²) in [6, 6.07) is 7.23. The van der Waals surface area contributed by atoms with Gasteiger partial charge in [0.1, 0.15) is 0 Å². The quantitative estimate of drug-likeness (QED) is 0.374. The Balaban J connectivity index is 1.97. The monoisotopic (exact) mass is 359 g/mol. The van der Waals surface area contributed by atoms with E-state index < -0.39 is 5.97 Å². The molecule has 134 valence electrons. The molecule has 0 amide bonds. The van der Waals surface area contributed by atoms with Crippen LogP contribution in [0.5, 0.6) is 0 Å². The number of allylic oxidation sites excluding steroid dienone is 4.